The molecule has 2 aromatic heterocycles. The topological polar surface area (TPSA) is 92.1 Å². The van der Waals surface area contributed by atoms with E-state index in [1.807, 2.05) is 25.1 Å². The van der Waals surface area contributed by atoms with E-state index >= 15 is 0 Å². The summed E-state index contributed by atoms with van der Waals surface area (Å²) in [5.41, 5.74) is 0.556. The molecule has 1 atom stereocenters. The molecule has 3 N–H and O–H groups in total. The molecule has 20 heavy (non-hydrogen) atoms. The average Bonchev–Trinajstić information content (AvgIpc) is 2.94. The molecule has 0 aliphatic heterocycles. The number of rotatable bonds is 5. The van der Waals surface area contributed by atoms with E-state index in [2.05, 4.69) is 20.7 Å². The molecule has 0 radical (unpaired) electrons. The second-order valence-electron chi connectivity index (χ2n) is 4.25. The Morgan fingerprint density at radius 2 is 2.35 bits per heavy atom. The SMILES string of the molecule is CC[C@@H](CO)NC(=O)Nc1cnn(-c2ccccn2)c1. The lowest BCUT2D eigenvalue weighted by atomic mass is 10.2. The number of hydrogen-bond acceptors (Lipinski definition) is 4. The Morgan fingerprint density at radius 1 is 1.50 bits per heavy atom. The van der Waals surface area contributed by atoms with Gasteiger partial charge in [-0.3, -0.25) is 0 Å². The van der Waals surface area contributed by atoms with Crippen LogP contribution in [0.25, 0.3) is 5.82 Å². The zero-order chi connectivity index (χ0) is 14.4. The maximum absolute atomic E-state index is 11.7. The summed E-state index contributed by atoms with van der Waals surface area (Å²) in [5, 5.41) is 18.5. The van der Waals surface area contributed by atoms with Crippen molar-refractivity contribution in [3.63, 3.8) is 0 Å². The third-order valence-electron chi connectivity index (χ3n) is 2.77. The molecule has 0 saturated carbocycles. The quantitative estimate of drug-likeness (QED) is 0.763. The second-order valence-corrected chi connectivity index (χ2v) is 4.25. The van der Waals surface area contributed by atoms with Crippen LogP contribution in [0.2, 0.25) is 0 Å². The molecule has 106 valence electrons. The molecular weight excluding hydrogens is 258 g/mol. The number of pyridine rings is 1. The zero-order valence-corrected chi connectivity index (χ0v) is 11.2. The molecule has 2 rings (SSSR count). The molecule has 0 fully saturated rings. The molecule has 0 aliphatic rings. The van der Waals surface area contributed by atoms with Gasteiger partial charge in [-0.05, 0) is 18.6 Å². The fraction of sp³-hybridized carbons (Fsp3) is 0.308. The third kappa shape index (κ3) is 3.55. The first-order valence-electron chi connectivity index (χ1n) is 6.37. The summed E-state index contributed by atoms with van der Waals surface area (Å²) in [6, 6.07) is 4.87. The average molecular weight is 275 g/mol. The maximum atomic E-state index is 11.7. The monoisotopic (exact) mass is 275 g/mol. The Kier molecular flexibility index (Phi) is 4.67. The molecule has 2 aromatic rings. The molecule has 7 heteroatoms. The number of carbonyl (C=O) groups is 1. The summed E-state index contributed by atoms with van der Waals surface area (Å²) in [4.78, 5) is 15.9. The van der Waals surface area contributed by atoms with Crippen LogP contribution in [0, 0.1) is 0 Å². The predicted octanol–water partition coefficient (Wildman–Crippen LogP) is 1.16. The lowest BCUT2D eigenvalue weighted by molar-refractivity contribution is 0.222. The number of amides is 2. The number of aliphatic hydroxyl groups excluding tert-OH is 1. The fourth-order valence-electron chi connectivity index (χ4n) is 1.63. The number of nitrogens with zero attached hydrogens (tertiary/aromatic N) is 3. The van der Waals surface area contributed by atoms with Crippen molar-refractivity contribution >= 4 is 11.7 Å². The van der Waals surface area contributed by atoms with Crippen LogP contribution in [0.3, 0.4) is 0 Å². The van der Waals surface area contributed by atoms with Gasteiger partial charge in [-0.1, -0.05) is 13.0 Å². The number of aliphatic hydroxyl groups is 1. The molecular formula is C13H17N5O2. The van der Waals surface area contributed by atoms with Gasteiger partial charge >= 0.3 is 6.03 Å². The number of nitrogens with one attached hydrogen (secondary N) is 2. The van der Waals surface area contributed by atoms with Crippen molar-refractivity contribution in [2.75, 3.05) is 11.9 Å². The van der Waals surface area contributed by atoms with Crippen molar-refractivity contribution in [2.45, 2.75) is 19.4 Å². The van der Waals surface area contributed by atoms with Crippen LogP contribution in [-0.4, -0.2) is 38.6 Å². The van der Waals surface area contributed by atoms with E-state index < -0.39 is 0 Å². The van der Waals surface area contributed by atoms with Crippen LogP contribution in [-0.2, 0) is 0 Å². The minimum atomic E-state index is -0.369. The molecule has 7 nitrogen and oxygen atoms in total. The Balaban J connectivity index is 1.98. The minimum absolute atomic E-state index is 0.0862. The van der Waals surface area contributed by atoms with Crippen LogP contribution in [0.1, 0.15) is 13.3 Å². The highest BCUT2D eigenvalue weighted by Gasteiger charge is 2.10. The molecule has 0 aliphatic carbocycles. The molecule has 0 bridgehead atoms. The molecule has 2 heterocycles. The van der Waals surface area contributed by atoms with Gasteiger partial charge in [-0.2, -0.15) is 5.10 Å². The first-order valence-corrected chi connectivity index (χ1v) is 6.37. The standard InChI is InChI=1S/C13H17N5O2/c1-2-10(9-19)16-13(20)17-11-7-15-18(8-11)12-5-3-4-6-14-12/h3-8,10,19H,2,9H2,1H3,(H2,16,17,20)/t10-/m0/s1. The summed E-state index contributed by atoms with van der Waals surface area (Å²) in [7, 11) is 0. The largest absolute Gasteiger partial charge is 0.394 e. The van der Waals surface area contributed by atoms with Gasteiger partial charge in [0.1, 0.15) is 0 Å². The first kappa shape index (κ1) is 14.0. The van der Waals surface area contributed by atoms with E-state index in [9.17, 15) is 4.79 Å². The van der Waals surface area contributed by atoms with Gasteiger partial charge in [0.2, 0.25) is 0 Å². The van der Waals surface area contributed by atoms with E-state index in [1.54, 1.807) is 17.1 Å². The van der Waals surface area contributed by atoms with Crippen molar-refractivity contribution in [2.24, 2.45) is 0 Å². The van der Waals surface area contributed by atoms with Crippen molar-refractivity contribution in [3.05, 3.63) is 36.8 Å². The molecule has 0 unspecified atom stereocenters. The smallest absolute Gasteiger partial charge is 0.319 e. The number of hydrogen-bond donors (Lipinski definition) is 3. The Hall–Kier alpha value is -2.41. The summed E-state index contributed by atoms with van der Waals surface area (Å²) >= 11 is 0. The zero-order valence-electron chi connectivity index (χ0n) is 11.2. The van der Waals surface area contributed by atoms with E-state index in [-0.39, 0.29) is 18.7 Å². The lowest BCUT2D eigenvalue weighted by Gasteiger charge is -2.13. The summed E-state index contributed by atoms with van der Waals surface area (Å²) in [5.74, 6) is 0.669. The van der Waals surface area contributed by atoms with Gasteiger partial charge in [0.05, 0.1) is 30.7 Å². The number of urea groups is 1. The van der Waals surface area contributed by atoms with Crippen molar-refractivity contribution in [3.8, 4) is 5.82 Å². The summed E-state index contributed by atoms with van der Waals surface area (Å²) in [6.07, 6.45) is 5.54. The molecule has 0 aromatic carbocycles. The van der Waals surface area contributed by atoms with E-state index in [0.717, 1.165) is 0 Å². The van der Waals surface area contributed by atoms with E-state index in [0.29, 0.717) is 17.9 Å². The number of carbonyl (C=O) groups excluding carboxylic acids is 1. The molecule has 0 saturated heterocycles. The summed E-state index contributed by atoms with van der Waals surface area (Å²) in [6.45, 7) is 1.80. The van der Waals surface area contributed by atoms with Crippen molar-refractivity contribution in [1.82, 2.24) is 20.1 Å². The van der Waals surface area contributed by atoms with Gasteiger partial charge in [0.15, 0.2) is 5.82 Å². The Bertz CT molecular complexity index is 551. The van der Waals surface area contributed by atoms with Crippen LogP contribution in [0.15, 0.2) is 36.8 Å². The lowest BCUT2D eigenvalue weighted by Crippen LogP contribution is -2.39. The number of anilines is 1. The fourth-order valence-corrected chi connectivity index (χ4v) is 1.63. The number of aromatic nitrogens is 3. The highest BCUT2D eigenvalue weighted by atomic mass is 16.3. The normalized spacial score (nSPS) is 11.9. The molecule has 2 amide bonds. The Labute approximate surface area is 116 Å². The second kappa shape index (κ2) is 6.67. The highest BCUT2D eigenvalue weighted by Crippen LogP contribution is 2.09. The van der Waals surface area contributed by atoms with E-state index in [1.165, 1.54) is 6.20 Å². The van der Waals surface area contributed by atoms with Crippen LogP contribution < -0.4 is 10.6 Å². The highest BCUT2D eigenvalue weighted by molar-refractivity contribution is 5.89. The van der Waals surface area contributed by atoms with E-state index in [4.69, 9.17) is 5.11 Å². The van der Waals surface area contributed by atoms with Crippen LogP contribution in [0.4, 0.5) is 10.5 Å². The van der Waals surface area contributed by atoms with Gasteiger partial charge in [0.25, 0.3) is 0 Å². The Morgan fingerprint density at radius 3 is 3.00 bits per heavy atom. The third-order valence-corrected chi connectivity index (χ3v) is 2.77. The summed E-state index contributed by atoms with van der Waals surface area (Å²) < 4.78 is 1.57. The predicted molar refractivity (Wildman–Crippen MR) is 74.7 cm³/mol. The van der Waals surface area contributed by atoms with Gasteiger partial charge in [-0.25, -0.2) is 14.5 Å². The van der Waals surface area contributed by atoms with Gasteiger partial charge in [0, 0.05) is 6.20 Å². The van der Waals surface area contributed by atoms with Gasteiger partial charge in [-0.15, -0.1) is 0 Å². The van der Waals surface area contributed by atoms with Crippen molar-refractivity contribution < 1.29 is 9.90 Å². The maximum Gasteiger partial charge on any atom is 0.319 e. The molecule has 0 spiro atoms. The van der Waals surface area contributed by atoms with Crippen molar-refractivity contribution in [1.29, 1.82) is 0 Å². The van der Waals surface area contributed by atoms with Crippen LogP contribution in [0.5, 0.6) is 0 Å². The minimum Gasteiger partial charge on any atom is -0.394 e. The first-order chi connectivity index (χ1) is 9.72. The van der Waals surface area contributed by atoms with Gasteiger partial charge < -0.3 is 15.7 Å². The van der Waals surface area contributed by atoms with Crippen LogP contribution >= 0.6 is 0 Å².